The van der Waals surface area contributed by atoms with Crippen LogP contribution in [0.4, 0.5) is 39.5 Å². The summed E-state index contributed by atoms with van der Waals surface area (Å²) >= 11 is 1.71. The molecule has 0 amide bonds. The van der Waals surface area contributed by atoms with Crippen LogP contribution in [-0.2, 0) is 4.79 Å². The Morgan fingerprint density at radius 3 is 1.48 bits per heavy atom. The lowest BCUT2D eigenvalue weighted by Crippen LogP contribution is -2.63. The summed E-state index contributed by atoms with van der Waals surface area (Å²) in [5.41, 5.74) is 0. The van der Waals surface area contributed by atoms with Gasteiger partial charge in [-0.05, 0) is 0 Å². The first kappa shape index (κ1) is 22.6. The van der Waals surface area contributed by atoms with E-state index in [0.29, 0.717) is 0 Å². The van der Waals surface area contributed by atoms with E-state index in [1.165, 1.54) is 0 Å². The maximum absolute atomic E-state index is 12.7. The maximum atomic E-state index is 12.7. The first-order valence-corrected chi connectivity index (χ1v) is 5.53. The van der Waals surface area contributed by atoms with Crippen molar-refractivity contribution in [1.82, 2.24) is 0 Å². The Kier molecular flexibility index (Phi) is 7.55. The summed E-state index contributed by atoms with van der Waals surface area (Å²) in [5.74, 6) is -20.2. The van der Waals surface area contributed by atoms with Gasteiger partial charge in [-0.3, -0.25) is 4.79 Å². The number of alkyl halides is 10. The summed E-state index contributed by atoms with van der Waals surface area (Å²) in [6.07, 6.45) is -6.85. The van der Waals surface area contributed by atoms with Gasteiger partial charge in [0.15, 0.2) is 0 Å². The van der Waals surface area contributed by atoms with Crippen LogP contribution in [0, 0.1) is 0 Å². The Morgan fingerprint density at radius 2 is 1.29 bits per heavy atom. The number of hydrogen-bond donors (Lipinski definition) is 2. The molecule has 1 unspecified atom stereocenters. The Hall–Kier alpha value is -0.720. The van der Waals surface area contributed by atoms with Crippen molar-refractivity contribution in [2.45, 2.75) is 35.7 Å². The third-order valence-corrected chi connectivity index (χ3v) is 2.59. The van der Waals surface area contributed by atoms with Gasteiger partial charge >= 0.3 is 23.9 Å². The summed E-state index contributed by atoms with van der Waals surface area (Å²) in [6.45, 7) is -0.670. The molecular formula is C8H8BrF9O3. The third kappa shape index (κ3) is 4.90. The van der Waals surface area contributed by atoms with Crippen molar-refractivity contribution in [3.63, 3.8) is 0 Å². The number of carboxylic acid groups (broad SMARTS) is 1. The lowest BCUT2D eigenvalue weighted by atomic mass is 10.0. The van der Waals surface area contributed by atoms with Gasteiger partial charge in [0.2, 0.25) is 0 Å². The topological polar surface area (TPSA) is 57.5 Å². The smallest absolute Gasteiger partial charge is 0.460 e. The van der Waals surface area contributed by atoms with Gasteiger partial charge < -0.3 is 10.2 Å². The molecule has 0 aliphatic carbocycles. The highest BCUT2D eigenvalue weighted by Gasteiger charge is 2.82. The fourth-order valence-corrected chi connectivity index (χ4v) is 0.986. The lowest BCUT2D eigenvalue weighted by molar-refractivity contribution is -0.395. The number of halogens is 10. The highest BCUT2D eigenvalue weighted by molar-refractivity contribution is 9.09. The second kappa shape index (κ2) is 7.03. The van der Waals surface area contributed by atoms with Gasteiger partial charge in [-0.1, -0.05) is 15.9 Å². The van der Waals surface area contributed by atoms with Crippen LogP contribution in [-0.4, -0.2) is 51.6 Å². The van der Waals surface area contributed by atoms with Crippen LogP contribution in [0.1, 0.15) is 6.92 Å². The molecule has 0 radical (unpaired) electrons. The van der Waals surface area contributed by atoms with Crippen molar-refractivity contribution in [2.75, 3.05) is 6.61 Å². The first-order valence-electron chi connectivity index (χ1n) is 4.61. The van der Waals surface area contributed by atoms with Crippen LogP contribution >= 0.6 is 15.9 Å². The molecule has 0 saturated heterocycles. The maximum Gasteiger partial charge on any atom is 0.460 e. The highest BCUT2D eigenvalue weighted by Crippen LogP contribution is 2.54. The zero-order valence-corrected chi connectivity index (χ0v) is 11.5. The number of aliphatic carboxylic acids is 1. The molecule has 2 N–H and O–H groups in total. The molecule has 0 bridgehead atoms. The number of aliphatic hydroxyl groups excluding tert-OH is 1. The molecule has 0 aromatic heterocycles. The number of hydrogen-bond acceptors (Lipinski definition) is 2. The number of aliphatic hydroxyl groups is 1. The molecule has 0 aromatic carbocycles. The number of rotatable bonds is 4. The second-order valence-electron chi connectivity index (χ2n) is 3.44. The fraction of sp³-hybridized carbons (Fsp3) is 0.875. The van der Waals surface area contributed by atoms with Crippen LogP contribution < -0.4 is 0 Å². The van der Waals surface area contributed by atoms with Crippen molar-refractivity contribution in [1.29, 1.82) is 0 Å². The van der Waals surface area contributed by atoms with Crippen LogP contribution in [0.25, 0.3) is 0 Å². The monoisotopic (exact) mass is 402 g/mol. The molecule has 0 aliphatic rings. The fourth-order valence-electron chi connectivity index (χ4n) is 0.699. The highest BCUT2D eigenvalue weighted by atomic mass is 79.9. The van der Waals surface area contributed by atoms with Crippen LogP contribution in [0.2, 0.25) is 0 Å². The van der Waals surface area contributed by atoms with Gasteiger partial charge in [-0.15, -0.1) is 0 Å². The third-order valence-electron chi connectivity index (χ3n) is 1.72. The average Bonchev–Trinajstić information content (AvgIpc) is 2.24. The Bertz CT molecular complexity index is 351. The molecule has 0 rings (SSSR count). The van der Waals surface area contributed by atoms with Crippen molar-refractivity contribution >= 4 is 21.9 Å². The zero-order valence-electron chi connectivity index (χ0n) is 9.87. The van der Waals surface area contributed by atoms with E-state index in [1.807, 2.05) is 0 Å². The Morgan fingerprint density at radius 1 is 1.00 bits per heavy atom. The van der Waals surface area contributed by atoms with E-state index in [-0.39, 0.29) is 0 Å². The van der Waals surface area contributed by atoms with Crippen LogP contribution in [0.15, 0.2) is 0 Å². The zero-order chi connectivity index (χ0) is 17.9. The Balaban J connectivity index is 0. The van der Waals surface area contributed by atoms with Gasteiger partial charge in [0, 0.05) is 6.92 Å². The van der Waals surface area contributed by atoms with Crippen molar-refractivity contribution in [2.24, 2.45) is 0 Å². The van der Waals surface area contributed by atoms with Crippen LogP contribution in [0.3, 0.4) is 0 Å². The summed E-state index contributed by atoms with van der Waals surface area (Å²) in [5, 5.41) is 15.5. The summed E-state index contributed by atoms with van der Waals surface area (Å²) in [7, 11) is 0. The number of carbonyl (C=O) groups is 1. The predicted molar refractivity (Wildman–Crippen MR) is 54.0 cm³/mol. The van der Waals surface area contributed by atoms with E-state index in [0.717, 1.165) is 6.92 Å². The van der Waals surface area contributed by atoms with E-state index in [4.69, 9.17) is 15.0 Å². The molecule has 3 nitrogen and oxygen atoms in total. The number of carboxylic acids is 1. The van der Waals surface area contributed by atoms with Crippen molar-refractivity contribution in [3.05, 3.63) is 0 Å². The molecule has 0 heterocycles. The Labute approximate surface area is 119 Å². The quantitative estimate of drug-likeness (QED) is 0.560. The van der Waals surface area contributed by atoms with Crippen molar-refractivity contribution in [3.8, 4) is 0 Å². The summed E-state index contributed by atoms with van der Waals surface area (Å²) in [4.78, 5) is 6.05. The molecule has 21 heavy (non-hydrogen) atoms. The van der Waals surface area contributed by atoms with E-state index in [2.05, 4.69) is 0 Å². The molecule has 0 aromatic rings. The van der Waals surface area contributed by atoms with E-state index >= 15 is 0 Å². The molecule has 0 fully saturated rings. The molecule has 0 saturated carbocycles. The normalized spacial score (nSPS) is 15.0. The minimum atomic E-state index is -6.93. The van der Waals surface area contributed by atoms with E-state index < -0.39 is 41.3 Å². The lowest BCUT2D eigenvalue weighted by Gasteiger charge is -2.35. The molecule has 0 aliphatic heterocycles. The second-order valence-corrected chi connectivity index (χ2v) is 4.54. The standard InChI is InChI=1S/C6H4BrF9O.C2H4O2/c7-2(1-17)3(8,9)4(10,11)5(12,13)6(14,15)16;1-2(3)4/h2,17H,1H2;1H3,(H,3,4). The van der Waals surface area contributed by atoms with Crippen LogP contribution in [0.5, 0.6) is 0 Å². The van der Waals surface area contributed by atoms with E-state index in [9.17, 15) is 39.5 Å². The van der Waals surface area contributed by atoms with Gasteiger partial charge in [0.1, 0.15) is 4.83 Å². The minimum Gasteiger partial charge on any atom is -0.481 e. The molecule has 13 heteroatoms. The van der Waals surface area contributed by atoms with Gasteiger partial charge in [-0.25, -0.2) is 0 Å². The summed E-state index contributed by atoms with van der Waals surface area (Å²) in [6, 6.07) is 0. The van der Waals surface area contributed by atoms with Crippen molar-refractivity contribution < 1.29 is 54.5 Å². The van der Waals surface area contributed by atoms with Gasteiger partial charge in [0.25, 0.3) is 5.97 Å². The largest absolute Gasteiger partial charge is 0.481 e. The predicted octanol–water partition coefficient (Wildman–Crippen LogP) is 3.30. The summed E-state index contributed by atoms with van der Waals surface area (Å²) < 4.78 is 110. The molecule has 1 atom stereocenters. The molecular weight excluding hydrogens is 395 g/mol. The van der Waals surface area contributed by atoms with E-state index in [1.54, 1.807) is 15.9 Å². The average molecular weight is 403 g/mol. The van der Waals surface area contributed by atoms with Gasteiger partial charge in [-0.2, -0.15) is 39.5 Å². The SMILES string of the molecule is CC(=O)O.OCC(Br)C(F)(F)C(F)(F)C(F)(F)C(F)(F)F. The molecule has 0 spiro atoms. The minimum absolute atomic E-state index is 0.833. The van der Waals surface area contributed by atoms with Gasteiger partial charge in [0.05, 0.1) is 6.61 Å². The molecule has 128 valence electrons. The first-order chi connectivity index (χ1) is 8.96.